The Hall–Kier alpha value is -1.92. The number of nitrogens with zero attached hydrogens (tertiary/aromatic N) is 1. The van der Waals surface area contributed by atoms with Crippen molar-refractivity contribution in [3.8, 4) is 0 Å². The van der Waals surface area contributed by atoms with Crippen LogP contribution in [0.15, 0.2) is 30.6 Å². The highest BCUT2D eigenvalue weighted by molar-refractivity contribution is 7.46. The van der Waals surface area contributed by atoms with E-state index in [1.807, 2.05) is 0 Å². The fourth-order valence-corrected chi connectivity index (χ4v) is 3.57. The minimum atomic E-state index is -4.87. The number of carbonyl (C=O) groups excluding carboxylic acids is 2. The molecule has 0 spiro atoms. The third kappa shape index (κ3) is 5.61. The van der Waals surface area contributed by atoms with Crippen LogP contribution in [0.2, 0.25) is 0 Å². The van der Waals surface area contributed by atoms with Crippen molar-refractivity contribution in [1.82, 2.24) is 5.32 Å². The largest absolute Gasteiger partial charge is 0.469 e. The van der Waals surface area contributed by atoms with Crippen LogP contribution in [0.4, 0.5) is 0 Å². The highest BCUT2D eigenvalue weighted by Gasteiger charge is 2.65. The topological polar surface area (TPSA) is 193 Å². The molecule has 1 aliphatic heterocycles. The molecule has 0 aromatic carbocycles. The second-order valence-corrected chi connectivity index (χ2v) is 8.56. The Morgan fingerprint density at radius 3 is 2.43 bits per heavy atom. The number of rotatable bonds is 9. The number of aromatic nitrogens is 1. The van der Waals surface area contributed by atoms with Gasteiger partial charge < -0.3 is 35.8 Å². The molecule has 7 N–H and O–H groups in total. The zero-order chi connectivity index (χ0) is 22.7. The van der Waals surface area contributed by atoms with Crippen molar-refractivity contribution in [2.75, 3.05) is 6.61 Å². The van der Waals surface area contributed by atoms with E-state index < -0.39 is 62.2 Å². The number of aliphatic hydroxyl groups excluding tert-OH is 1. The first-order chi connectivity index (χ1) is 13.9. The Morgan fingerprint density at radius 1 is 1.30 bits per heavy atom. The van der Waals surface area contributed by atoms with Gasteiger partial charge >= 0.3 is 14.1 Å². The monoisotopic (exact) mass is 448 g/mol. The zero-order valence-corrected chi connectivity index (χ0v) is 17.4. The number of aliphatic hydroxyl groups is 2. The first-order valence-electron chi connectivity index (χ1n) is 9.18. The summed E-state index contributed by atoms with van der Waals surface area (Å²) in [7, 11) is -4.87. The molecule has 0 radical (unpaired) electrons. The van der Waals surface area contributed by atoms with Gasteiger partial charge in [-0.15, -0.1) is 0 Å². The summed E-state index contributed by atoms with van der Waals surface area (Å²) in [5, 5.41) is 24.3. The SMILES string of the molecule is C[C@H](C[C@@H](C)C(N)=O)NC(=O)[C@@]1(O)[C@@H](O)[C@@H](COP(=O)(O)O)O[C@H]1[n+]1ccccc1. The van der Waals surface area contributed by atoms with E-state index in [1.165, 1.54) is 17.0 Å². The lowest BCUT2D eigenvalue weighted by molar-refractivity contribution is -0.770. The van der Waals surface area contributed by atoms with Gasteiger partial charge in [-0.05, 0) is 13.3 Å². The predicted molar refractivity (Wildman–Crippen MR) is 100 cm³/mol. The van der Waals surface area contributed by atoms with Gasteiger partial charge in [-0.2, -0.15) is 4.57 Å². The average molecular weight is 448 g/mol. The fourth-order valence-electron chi connectivity index (χ4n) is 3.23. The maximum absolute atomic E-state index is 12.9. The molecule has 13 heteroatoms. The van der Waals surface area contributed by atoms with Crippen molar-refractivity contribution >= 4 is 19.6 Å². The van der Waals surface area contributed by atoms with Crippen LogP contribution in [-0.4, -0.2) is 62.3 Å². The molecule has 30 heavy (non-hydrogen) atoms. The number of nitrogens with one attached hydrogen (secondary N) is 1. The summed E-state index contributed by atoms with van der Waals surface area (Å²) in [6.07, 6.45) is -1.53. The van der Waals surface area contributed by atoms with Crippen molar-refractivity contribution in [1.29, 1.82) is 0 Å². The molecule has 2 heterocycles. The lowest BCUT2D eigenvalue weighted by Gasteiger charge is -2.28. The molecule has 2 rings (SSSR count). The molecule has 1 fully saturated rings. The zero-order valence-electron chi connectivity index (χ0n) is 16.5. The smallest absolute Gasteiger partial charge is 0.386 e. The number of primary amides is 1. The van der Waals surface area contributed by atoms with Gasteiger partial charge in [0.05, 0.1) is 6.61 Å². The maximum Gasteiger partial charge on any atom is 0.469 e. The van der Waals surface area contributed by atoms with Crippen LogP contribution in [0.25, 0.3) is 0 Å². The van der Waals surface area contributed by atoms with Gasteiger partial charge in [0.25, 0.3) is 11.5 Å². The molecule has 1 aromatic heterocycles. The summed E-state index contributed by atoms with van der Waals surface area (Å²) >= 11 is 0. The molecular formula is C17H27N3O9P+. The molecule has 2 amide bonds. The van der Waals surface area contributed by atoms with Crippen molar-refractivity contribution < 1.29 is 48.0 Å². The lowest BCUT2D eigenvalue weighted by atomic mass is 9.91. The molecule has 1 saturated heterocycles. The molecule has 168 valence electrons. The second-order valence-electron chi connectivity index (χ2n) is 7.32. The second kappa shape index (κ2) is 9.48. The molecule has 12 nitrogen and oxygen atoms in total. The Morgan fingerprint density at radius 2 is 1.90 bits per heavy atom. The van der Waals surface area contributed by atoms with Gasteiger partial charge in [-0.3, -0.25) is 14.1 Å². The summed E-state index contributed by atoms with van der Waals surface area (Å²) in [4.78, 5) is 42.0. The van der Waals surface area contributed by atoms with Crippen LogP contribution in [0.5, 0.6) is 0 Å². The van der Waals surface area contributed by atoms with E-state index in [0.29, 0.717) is 0 Å². The van der Waals surface area contributed by atoms with Crippen LogP contribution in [0.1, 0.15) is 26.5 Å². The van der Waals surface area contributed by atoms with E-state index in [-0.39, 0.29) is 6.42 Å². The number of carbonyl (C=O) groups is 2. The standard InChI is InChI=1S/C17H26N3O9P/c1-10(14(18)22)8-11(2)19-15(23)17(24)13(21)12(9-28-30(25,26)27)29-16(17)20-6-4-3-5-7-20/h3-7,10-13,16,21,24H,8-9H2,1-2H3,(H4-,18,19,22,23,25,26,27)/p+1/t10-,11-,12-,13+,16-,17+/m1/s1. The Kier molecular flexibility index (Phi) is 7.69. The minimum absolute atomic E-state index is 0.196. The third-order valence-electron chi connectivity index (χ3n) is 4.83. The van der Waals surface area contributed by atoms with E-state index in [0.717, 1.165) is 0 Å². The molecule has 0 aliphatic carbocycles. The molecule has 1 aliphatic rings. The summed E-state index contributed by atoms with van der Waals surface area (Å²) in [5.41, 5.74) is 2.71. The number of nitrogens with two attached hydrogens (primary N) is 1. The van der Waals surface area contributed by atoms with Crippen molar-refractivity contribution in [2.45, 2.75) is 50.3 Å². The number of phosphoric ester groups is 1. The molecule has 0 unspecified atom stereocenters. The van der Waals surface area contributed by atoms with Crippen molar-refractivity contribution in [3.05, 3.63) is 30.6 Å². The van der Waals surface area contributed by atoms with Gasteiger partial charge in [-0.1, -0.05) is 13.0 Å². The first-order valence-corrected chi connectivity index (χ1v) is 10.7. The van der Waals surface area contributed by atoms with E-state index in [9.17, 15) is 24.4 Å². The van der Waals surface area contributed by atoms with E-state index in [1.54, 1.807) is 32.0 Å². The van der Waals surface area contributed by atoms with Gasteiger partial charge in [0.1, 0.15) is 12.2 Å². The van der Waals surface area contributed by atoms with Crippen LogP contribution >= 0.6 is 7.82 Å². The normalized spacial score (nSPS) is 28.7. The maximum atomic E-state index is 12.9. The van der Waals surface area contributed by atoms with Gasteiger partial charge in [0, 0.05) is 24.1 Å². The van der Waals surface area contributed by atoms with Crippen LogP contribution in [0, 0.1) is 5.92 Å². The number of hydrogen-bond donors (Lipinski definition) is 6. The van der Waals surface area contributed by atoms with Gasteiger partial charge in [0.2, 0.25) is 5.91 Å². The number of ether oxygens (including phenoxy) is 1. The fraction of sp³-hybridized carbons (Fsp3) is 0.588. The Labute approximate surface area is 172 Å². The minimum Gasteiger partial charge on any atom is -0.386 e. The number of phosphoric acid groups is 1. The molecular weight excluding hydrogens is 421 g/mol. The van der Waals surface area contributed by atoms with E-state index >= 15 is 0 Å². The van der Waals surface area contributed by atoms with Crippen molar-refractivity contribution in [2.24, 2.45) is 11.7 Å². The summed E-state index contributed by atoms with van der Waals surface area (Å²) in [6, 6.07) is 4.31. The Balaban J connectivity index is 2.27. The highest BCUT2D eigenvalue weighted by atomic mass is 31.2. The quantitative estimate of drug-likeness (QED) is 0.185. The number of pyridine rings is 1. The molecule has 1 aromatic rings. The van der Waals surface area contributed by atoms with Crippen LogP contribution in [0.3, 0.4) is 0 Å². The predicted octanol–water partition coefficient (Wildman–Crippen LogP) is -1.91. The van der Waals surface area contributed by atoms with Gasteiger partial charge in [0.15, 0.2) is 12.4 Å². The summed E-state index contributed by atoms with van der Waals surface area (Å²) in [6.45, 7) is 2.42. The number of hydrogen-bond acceptors (Lipinski definition) is 7. The van der Waals surface area contributed by atoms with Crippen LogP contribution in [-0.2, 0) is 23.4 Å². The Bertz CT molecular complexity index is 805. The van der Waals surface area contributed by atoms with Gasteiger partial charge in [-0.25, -0.2) is 4.57 Å². The number of amides is 2. The third-order valence-corrected chi connectivity index (χ3v) is 5.32. The van der Waals surface area contributed by atoms with E-state index in [4.69, 9.17) is 20.3 Å². The van der Waals surface area contributed by atoms with Crippen molar-refractivity contribution in [3.63, 3.8) is 0 Å². The molecule has 6 atom stereocenters. The lowest BCUT2D eigenvalue weighted by Crippen LogP contribution is -2.64. The highest BCUT2D eigenvalue weighted by Crippen LogP contribution is 2.40. The molecule has 0 bridgehead atoms. The van der Waals surface area contributed by atoms with E-state index in [2.05, 4.69) is 9.84 Å². The summed E-state index contributed by atoms with van der Waals surface area (Å²) < 4.78 is 22.3. The molecule has 0 saturated carbocycles. The summed E-state index contributed by atoms with van der Waals surface area (Å²) in [5.74, 6) is -2.07. The first kappa shape index (κ1) is 24.4. The average Bonchev–Trinajstić information content (AvgIpc) is 2.92. The van der Waals surface area contributed by atoms with Crippen LogP contribution < -0.4 is 15.6 Å².